The molecule has 4 heteroatoms. The van der Waals surface area contributed by atoms with Gasteiger partial charge in [-0.2, -0.15) is 0 Å². The first-order valence-corrected chi connectivity index (χ1v) is 10.4. The van der Waals surface area contributed by atoms with Crippen molar-refractivity contribution in [3.8, 4) is 0 Å². The van der Waals surface area contributed by atoms with E-state index in [1.54, 1.807) is 0 Å². The van der Waals surface area contributed by atoms with Crippen molar-refractivity contribution in [1.82, 2.24) is 0 Å². The molecule has 0 amide bonds. The first kappa shape index (κ1) is 25.2. The molecule has 2 unspecified atom stereocenters. The summed E-state index contributed by atoms with van der Waals surface area (Å²) in [6.07, 6.45) is 31.6. The Labute approximate surface area is 165 Å². The molecule has 0 rings (SSSR count). The van der Waals surface area contributed by atoms with Crippen molar-refractivity contribution in [2.75, 3.05) is 0 Å². The summed E-state index contributed by atoms with van der Waals surface area (Å²) >= 11 is 0. The highest BCUT2D eigenvalue weighted by Crippen LogP contribution is 2.08. The minimum Gasteiger partial charge on any atom is -0.358 e. The van der Waals surface area contributed by atoms with Crippen molar-refractivity contribution in [3.05, 3.63) is 72.9 Å². The summed E-state index contributed by atoms with van der Waals surface area (Å²) in [7, 11) is 4.69. The van der Waals surface area contributed by atoms with Crippen LogP contribution < -0.4 is 0 Å². The Bertz CT molecular complexity index is 477. The van der Waals surface area contributed by atoms with Gasteiger partial charge in [0.1, 0.15) is 0 Å². The van der Waals surface area contributed by atoms with Crippen molar-refractivity contribution in [1.29, 1.82) is 0 Å². The topological polar surface area (TPSA) is 18.5 Å². The Balaban J connectivity index is 4.07. The first-order chi connectivity index (χ1) is 12.8. The van der Waals surface area contributed by atoms with Crippen LogP contribution in [0.3, 0.4) is 0 Å². The molecule has 0 saturated carbocycles. The van der Waals surface area contributed by atoms with Gasteiger partial charge in [0.25, 0.3) is 0 Å². The Morgan fingerprint density at radius 1 is 0.692 bits per heavy atom. The summed E-state index contributed by atoms with van der Waals surface area (Å²) in [4.78, 5) is 0. The molecule has 0 aromatic rings. The lowest BCUT2D eigenvalue weighted by Crippen LogP contribution is -2.00. The smallest absolute Gasteiger partial charge is 0.0828 e. The Hall–Kier alpha value is -0.780. The van der Waals surface area contributed by atoms with Crippen molar-refractivity contribution in [2.24, 2.45) is 0 Å². The molecule has 0 heterocycles. The third kappa shape index (κ3) is 16.7. The van der Waals surface area contributed by atoms with Gasteiger partial charge < -0.3 is 9.05 Å². The molecule has 0 N–H and O–H groups in total. The summed E-state index contributed by atoms with van der Waals surface area (Å²) in [5.74, 6) is 0. The van der Waals surface area contributed by atoms with E-state index in [0.717, 1.165) is 32.1 Å². The van der Waals surface area contributed by atoms with Gasteiger partial charge in [0, 0.05) is 18.9 Å². The van der Waals surface area contributed by atoms with Gasteiger partial charge in [0.2, 0.25) is 0 Å². The number of allylic oxidation sites excluding steroid dienone is 8. The molecule has 4 atom stereocenters. The van der Waals surface area contributed by atoms with E-state index in [9.17, 15) is 0 Å². The second-order valence-corrected chi connectivity index (χ2v) is 6.37. The van der Waals surface area contributed by atoms with Gasteiger partial charge in [0.15, 0.2) is 0 Å². The molecule has 0 aliphatic rings. The Morgan fingerprint density at radius 2 is 1.23 bits per heavy atom. The zero-order valence-electron chi connectivity index (χ0n) is 16.3. The van der Waals surface area contributed by atoms with Crippen LogP contribution in [0.4, 0.5) is 0 Å². The largest absolute Gasteiger partial charge is 0.358 e. The Morgan fingerprint density at radius 3 is 1.69 bits per heavy atom. The van der Waals surface area contributed by atoms with Crippen molar-refractivity contribution < 1.29 is 9.05 Å². The number of unbranched alkanes of at least 4 members (excludes halogenated alkanes) is 1. The molecule has 0 radical (unpaired) electrons. The van der Waals surface area contributed by atoms with Gasteiger partial charge in [-0.05, 0) is 32.1 Å². The van der Waals surface area contributed by atoms with Gasteiger partial charge in [-0.1, -0.05) is 93.2 Å². The number of hydrogen-bond acceptors (Lipinski definition) is 2. The van der Waals surface area contributed by atoms with E-state index in [0.29, 0.717) is 0 Å². The van der Waals surface area contributed by atoms with Crippen molar-refractivity contribution in [3.63, 3.8) is 0 Å². The van der Waals surface area contributed by atoms with Gasteiger partial charge >= 0.3 is 0 Å². The minimum absolute atomic E-state index is 0.112. The van der Waals surface area contributed by atoms with Gasteiger partial charge in [0.05, 0.1) is 12.2 Å². The fourth-order valence-corrected chi connectivity index (χ4v) is 2.44. The van der Waals surface area contributed by atoms with E-state index in [-0.39, 0.29) is 12.2 Å². The lowest BCUT2D eigenvalue weighted by molar-refractivity contribution is 0.298. The van der Waals surface area contributed by atoms with Crippen LogP contribution in [-0.4, -0.2) is 12.2 Å². The lowest BCUT2D eigenvalue weighted by atomic mass is 10.2. The molecule has 0 aliphatic heterocycles. The molecule has 0 aromatic heterocycles. The average molecular weight is 394 g/mol. The normalized spacial score (nSPS) is 15.7. The second kappa shape index (κ2) is 20.5. The summed E-state index contributed by atoms with van der Waals surface area (Å²) in [5.41, 5.74) is 0. The molecule has 0 aromatic carbocycles. The summed E-state index contributed by atoms with van der Waals surface area (Å²) in [6, 6.07) is 0. The van der Waals surface area contributed by atoms with Gasteiger partial charge in [-0.3, -0.25) is 0 Å². The summed E-state index contributed by atoms with van der Waals surface area (Å²) < 4.78 is 10.7. The van der Waals surface area contributed by atoms with Crippen LogP contribution in [0.15, 0.2) is 72.9 Å². The monoisotopic (exact) mass is 394 g/mol. The van der Waals surface area contributed by atoms with Crippen LogP contribution in [0.2, 0.25) is 0 Å². The van der Waals surface area contributed by atoms with Crippen LogP contribution in [0.1, 0.15) is 52.4 Å². The molecule has 0 saturated heterocycles. The third-order valence-corrected chi connectivity index (χ3v) is 4.23. The molecular formula is C22H36O2P2. The SMILES string of the molecule is CC/C=C\C[C@@H](/C=C/C=C\C/C=C\C=C\[C@@H](C/C=C\CCC)OP)OP. The highest BCUT2D eigenvalue weighted by molar-refractivity contribution is 7.10. The van der Waals surface area contributed by atoms with Crippen LogP contribution in [0, 0.1) is 0 Å². The molecule has 0 spiro atoms. The van der Waals surface area contributed by atoms with Gasteiger partial charge in [-0.15, -0.1) is 0 Å². The summed E-state index contributed by atoms with van der Waals surface area (Å²) in [6.45, 7) is 4.32. The van der Waals surface area contributed by atoms with E-state index >= 15 is 0 Å². The quantitative estimate of drug-likeness (QED) is 0.168. The maximum Gasteiger partial charge on any atom is 0.0828 e. The lowest BCUT2D eigenvalue weighted by Gasteiger charge is -2.06. The molecule has 0 fully saturated rings. The highest BCUT2D eigenvalue weighted by Gasteiger charge is 1.98. The predicted octanol–water partition coefficient (Wildman–Crippen LogP) is 7.05. The van der Waals surface area contributed by atoms with E-state index < -0.39 is 0 Å². The average Bonchev–Trinajstić information content (AvgIpc) is 2.66. The standard InChI is InChI=1S/C22H36O2P2/c1-3-5-7-14-18-22(24-26)20-16-12-10-8-9-11-15-19-21(23-25)17-13-6-4-2/h6-7,9-16,19-22H,3-5,8,17-18,25-26H2,1-2H3/b11-9-,12-10-,13-6-,14-7-,19-15+,20-16+/t21-,22+/m0/s1. The van der Waals surface area contributed by atoms with Crippen LogP contribution >= 0.6 is 18.9 Å². The summed E-state index contributed by atoms with van der Waals surface area (Å²) in [5, 5.41) is 0. The van der Waals surface area contributed by atoms with Crippen LogP contribution in [0.25, 0.3) is 0 Å². The molecule has 146 valence electrons. The van der Waals surface area contributed by atoms with Crippen molar-refractivity contribution >= 4 is 18.9 Å². The van der Waals surface area contributed by atoms with Crippen LogP contribution in [0.5, 0.6) is 0 Å². The number of hydrogen-bond donors (Lipinski definition) is 0. The molecule has 2 nitrogen and oxygen atoms in total. The molecular weight excluding hydrogens is 358 g/mol. The molecule has 26 heavy (non-hydrogen) atoms. The molecule has 0 aliphatic carbocycles. The van der Waals surface area contributed by atoms with E-state index in [2.05, 4.69) is 93.5 Å². The molecule has 0 bridgehead atoms. The zero-order chi connectivity index (χ0) is 19.3. The number of rotatable bonds is 15. The van der Waals surface area contributed by atoms with Gasteiger partial charge in [-0.25, -0.2) is 0 Å². The minimum atomic E-state index is 0.112. The fourth-order valence-electron chi connectivity index (χ4n) is 2.04. The zero-order valence-corrected chi connectivity index (χ0v) is 18.6. The second-order valence-electron chi connectivity index (χ2n) is 5.82. The van der Waals surface area contributed by atoms with Crippen molar-refractivity contribution in [2.45, 2.75) is 64.6 Å². The predicted molar refractivity (Wildman–Crippen MR) is 123 cm³/mol. The maximum atomic E-state index is 5.36. The van der Waals surface area contributed by atoms with E-state index in [4.69, 9.17) is 9.05 Å². The first-order valence-electron chi connectivity index (χ1n) is 9.46. The van der Waals surface area contributed by atoms with Crippen LogP contribution in [-0.2, 0) is 9.05 Å². The maximum absolute atomic E-state index is 5.36. The third-order valence-electron chi connectivity index (χ3n) is 3.53. The fraction of sp³-hybridized carbons (Fsp3) is 0.455. The van der Waals surface area contributed by atoms with E-state index in [1.807, 2.05) is 12.2 Å². The highest BCUT2D eigenvalue weighted by atomic mass is 31.0. The van der Waals surface area contributed by atoms with E-state index in [1.165, 1.54) is 6.42 Å². The Kier molecular flexibility index (Phi) is 19.9.